The first-order valence-electron chi connectivity index (χ1n) is 6.66. The summed E-state index contributed by atoms with van der Waals surface area (Å²) in [4.78, 5) is 2.60. The molecule has 2 heterocycles. The van der Waals surface area contributed by atoms with Crippen molar-refractivity contribution in [3.8, 4) is 0 Å². The van der Waals surface area contributed by atoms with E-state index in [1.165, 1.54) is 25.8 Å². The molecule has 16 heavy (non-hydrogen) atoms. The maximum atomic E-state index is 6.12. The average Bonchev–Trinajstić information content (AvgIpc) is 2.59. The molecule has 0 saturated carbocycles. The van der Waals surface area contributed by atoms with Crippen LogP contribution in [0.1, 0.15) is 47.0 Å². The molecular weight excluding hydrogens is 200 g/mol. The van der Waals surface area contributed by atoms with Crippen LogP contribution in [0.15, 0.2) is 0 Å². The fourth-order valence-corrected chi connectivity index (χ4v) is 2.93. The molecule has 0 aliphatic carbocycles. The van der Waals surface area contributed by atoms with Crippen LogP contribution in [-0.2, 0) is 4.74 Å². The highest BCUT2D eigenvalue weighted by atomic mass is 16.5. The fourth-order valence-electron chi connectivity index (χ4n) is 2.93. The van der Waals surface area contributed by atoms with Crippen LogP contribution < -0.4 is 5.32 Å². The second-order valence-electron chi connectivity index (χ2n) is 6.07. The maximum absolute atomic E-state index is 6.12. The third-order valence-corrected chi connectivity index (χ3v) is 3.78. The van der Waals surface area contributed by atoms with Crippen molar-refractivity contribution in [2.75, 3.05) is 13.1 Å². The molecule has 0 spiro atoms. The van der Waals surface area contributed by atoms with Gasteiger partial charge < -0.3 is 4.74 Å². The van der Waals surface area contributed by atoms with E-state index in [4.69, 9.17) is 4.74 Å². The predicted octanol–water partition coefficient (Wildman–Crippen LogP) is 1.97. The molecule has 0 amide bonds. The molecule has 0 radical (unpaired) electrons. The van der Waals surface area contributed by atoms with Gasteiger partial charge in [-0.05, 0) is 47.1 Å². The highest BCUT2D eigenvalue weighted by Gasteiger charge is 2.39. The molecule has 2 aliphatic heterocycles. The van der Waals surface area contributed by atoms with Gasteiger partial charge >= 0.3 is 0 Å². The van der Waals surface area contributed by atoms with E-state index in [-0.39, 0.29) is 11.8 Å². The third-order valence-electron chi connectivity index (χ3n) is 3.78. The molecule has 2 unspecified atom stereocenters. The topological polar surface area (TPSA) is 24.5 Å². The van der Waals surface area contributed by atoms with E-state index >= 15 is 0 Å². The van der Waals surface area contributed by atoms with Gasteiger partial charge in [0.2, 0.25) is 0 Å². The van der Waals surface area contributed by atoms with Gasteiger partial charge in [0, 0.05) is 18.6 Å². The van der Waals surface area contributed by atoms with E-state index in [1.54, 1.807) is 0 Å². The Kier molecular flexibility index (Phi) is 3.57. The average molecular weight is 226 g/mol. The van der Waals surface area contributed by atoms with Crippen LogP contribution in [0.3, 0.4) is 0 Å². The summed E-state index contributed by atoms with van der Waals surface area (Å²) in [5.74, 6) is 0. The van der Waals surface area contributed by atoms with Gasteiger partial charge in [-0.15, -0.1) is 0 Å². The summed E-state index contributed by atoms with van der Waals surface area (Å²) in [7, 11) is 0. The van der Waals surface area contributed by atoms with Crippen LogP contribution in [0.25, 0.3) is 0 Å². The summed E-state index contributed by atoms with van der Waals surface area (Å²) in [5, 5.41) is 3.54. The molecule has 0 aromatic heterocycles. The van der Waals surface area contributed by atoms with Gasteiger partial charge in [0.15, 0.2) is 0 Å². The first-order valence-corrected chi connectivity index (χ1v) is 6.66. The zero-order chi connectivity index (χ0) is 11.8. The molecule has 1 N–H and O–H groups in total. The lowest BCUT2D eigenvalue weighted by Gasteiger charge is -2.41. The number of nitrogens with one attached hydrogen (secondary N) is 1. The minimum absolute atomic E-state index is 0.00473. The number of piperidine rings is 1. The summed E-state index contributed by atoms with van der Waals surface area (Å²) in [5.41, 5.74) is 0.00473. The van der Waals surface area contributed by atoms with Crippen LogP contribution in [0.2, 0.25) is 0 Å². The molecule has 3 heteroatoms. The Morgan fingerprint density at radius 2 is 2.06 bits per heavy atom. The third kappa shape index (κ3) is 2.58. The van der Waals surface area contributed by atoms with Crippen molar-refractivity contribution in [2.24, 2.45) is 0 Å². The lowest BCUT2D eigenvalue weighted by molar-refractivity contribution is -0.0723. The summed E-state index contributed by atoms with van der Waals surface area (Å²) in [6, 6.07) is 1.19. The SMILES string of the molecule is CC(C)N1CCCCC1C1NCC(C)(C)O1. The van der Waals surface area contributed by atoms with Gasteiger partial charge in [0.05, 0.1) is 5.60 Å². The van der Waals surface area contributed by atoms with Gasteiger partial charge in [-0.1, -0.05) is 6.42 Å². The van der Waals surface area contributed by atoms with Crippen molar-refractivity contribution in [1.29, 1.82) is 0 Å². The van der Waals surface area contributed by atoms with Crippen molar-refractivity contribution in [3.63, 3.8) is 0 Å². The maximum Gasteiger partial charge on any atom is 0.124 e. The van der Waals surface area contributed by atoms with Crippen LogP contribution in [-0.4, -0.2) is 41.9 Å². The Labute approximate surface area is 99.5 Å². The van der Waals surface area contributed by atoms with Crippen LogP contribution in [0.5, 0.6) is 0 Å². The predicted molar refractivity (Wildman–Crippen MR) is 66.4 cm³/mol. The van der Waals surface area contributed by atoms with Crippen molar-refractivity contribution in [2.45, 2.75) is 70.9 Å². The number of nitrogens with zero attached hydrogens (tertiary/aromatic N) is 1. The molecule has 2 aliphatic rings. The number of hydrogen-bond donors (Lipinski definition) is 1. The molecule has 94 valence electrons. The molecule has 2 rings (SSSR count). The Morgan fingerprint density at radius 1 is 1.31 bits per heavy atom. The molecule has 2 saturated heterocycles. The zero-order valence-electron chi connectivity index (χ0n) is 11.1. The lowest BCUT2D eigenvalue weighted by atomic mass is 9.99. The van der Waals surface area contributed by atoms with Crippen LogP contribution in [0, 0.1) is 0 Å². The Balaban J connectivity index is 2.01. The largest absolute Gasteiger partial charge is 0.355 e. The summed E-state index contributed by atoms with van der Waals surface area (Å²) < 4.78 is 6.12. The van der Waals surface area contributed by atoms with E-state index in [0.29, 0.717) is 12.1 Å². The Morgan fingerprint density at radius 3 is 2.62 bits per heavy atom. The van der Waals surface area contributed by atoms with E-state index < -0.39 is 0 Å². The van der Waals surface area contributed by atoms with Gasteiger partial charge in [0.25, 0.3) is 0 Å². The molecular formula is C13H26N2O. The van der Waals surface area contributed by atoms with Gasteiger partial charge in [-0.2, -0.15) is 0 Å². The lowest BCUT2D eigenvalue weighted by Crippen LogP contribution is -2.53. The Hall–Kier alpha value is -0.120. The first kappa shape index (κ1) is 12.3. The minimum Gasteiger partial charge on any atom is -0.355 e. The summed E-state index contributed by atoms with van der Waals surface area (Å²) in [6.07, 6.45) is 4.18. The van der Waals surface area contributed by atoms with E-state index in [0.717, 1.165) is 6.54 Å². The second-order valence-corrected chi connectivity index (χ2v) is 6.07. The normalized spacial score (nSPS) is 35.8. The molecule has 2 atom stereocenters. The van der Waals surface area contributed by atoms with Crippen LogP contribution >= 0.6 is 0 Å². The zero-order valence-corrected chi connectivity index (χ0v) is 11.1. The van der Waals surface area contributed by atoms with Gasteiger partial charge in [0.1, 0.15) is 6.23 Å². The van der Waals surface area contributed by atoms with E-state index in [2.05, 4.69) is 37.9 Å². The molecule has 2 fully saturated rings. The Bertz CT molecular complexity index is 240. The minimum atomic E-state index is 0.00473. The monoisotopic (exact) mass is 226 g/mol. The highest BCUT2D eigenvalue weighted by Crippen LogP contribution is 2.28. The van der Waals surface area contributed by atoms with Crippen molar-refractivity contribution < 1.29 is 4.74 Å². The highest BCUT2D eigenvalue weighted by molar-refractivity contribution is 4.91. The molecule has 3 nitrogen and oxygen atoms in total. The number of hydrogen-bond acceptors (Lipinski definition) is 3. The van der Waals surface area contributed by atoms with Gasteiger partial charge in [-0.3, -0.25) is 10.2 Å². The van der Waals surface area contributed by atoms with Crippen molar-refractivity contribution >= 4 is 0 Å². The van der Waals surface area contributed by atoms with Gasteiger partial charge in [-0.25, -0.2) is 0 Å². The van der Waals surface area contributed by atoms with Crippen LogP contribution in [0.4, 0.5) is 0 Å². The number of ether oxygens (including phenoxy) is 1. The fraction of sp³-hybridized carbons (Fsp3) is 1.00. The van der Waals surface area contributed by atoms with Crippen molar-refractivity contribution in [3.05, 3.63) is 0 Å². The standard InChI is InChI=1S/C13H26N2O/c1-10(2)15-8-6-5-7-11(15)12-14-9-13(3,4)16-12/h10-12,14H,5-9H2,1-4H3. The molecule has 0 aromatic rings. The number of rotatable bonds is 2. The van der Waals surface area contributed by atoms with Crippen molar-refractivity contribution in [1.82, 2.24) is 10.2 Å². The first-order chi connectivity index (χ1) is 7.49. The summed E-state index contributed by atoms with van der Waals surface area (Å²) in [6.45, 7) is 11.1. The smallest absolute Gasteiger partial charge is 0.124 e. The second kappa shape index (κ2) is 4.63. The van der Waals surface area contributed by atoms with E-state index in [9.17, 15) is 0 Å². The quantitative estimate of drug-likeness (QED) is 0.779. The molecule has 0 bridgehead atoms. The number of likely N-dealkylation sites (tertiary alicyclic amines) is 1. The van der Waals surface area contributed by atoms with E-state index in [1.807, 2.05) is 0 Å². The summed E-state index contributed by atoms with van der Waals surface area (Å²) >= 11 is 0. The molecule has 0 aromatic carbocycles.